The highest BCUT2D eigenvalue weighted by molar-refractivity contribution is 5.80. The first-order chi connectivity index (χ1) is 8.91. The first-order valence-electron chi connectivity index (χ1n) is 6.27. The molecule has 0 atom stereocenters. The quantitative estimate of drug-likeness (QED) is 0.721. The van der Waals surface area contributed by atoms with Gasteiger partial charge in [0, 0.05) is 23.8 Å². The second-order valence-electron chi connectivity index (χ2n) is 5.32. The number of Topliss-reactive ketones (excluding diaryl/α,β-unsaturated/α-hetero) is 1. The Labute approximate surface area is 108 Å². The smallest absolute Gasteiger partial charge is 0.416 e. The zero-order valence-corrected chi connectivity index (χ0v) is 10.2. The van der Waals surface area contributed by atoms with Crippen molar-refractivity contribution in [2.24, 2.45) is 0 Å². The minimum absolute atomic E-state index is 0.228. The largest absolute Gasteiger partial charge is 0.492 e. The number of halogens is 3. The summed E-state index contributed by atoms with van der Waals surface area (Å²) in [7, 11) is 0. The minimum Gasteiger partial charge on any atom is -0.492 e. The van der Waals surface area contributed by atoms with E-state index in [1.807, 2.05) is 0 Å². The van der Waals surface area contributed by atoms with E-state index in [-0.39, 0.29) is 11.2 Å². The molecule has 2 nitrogen and oxygen atoms in total. The van der Waals surface area contributed by atoms with Gasteiger partial charge in [0.1, 0.15) is 11.5 Å². The van der Waals surface area contributed by atoms with Crippen molar-refractivity contribution in [1.82, 2.24) is 0 Å². The fraction of sp³-hybridized carbons (Fsp3) is 0.500. The van der Waals surface area contributed by atoms with E-state index in [1.165, 1.54) is 6.07 Å². The molecule has 2 aliphatic rings. The predicted octanol–water partition coefficient (Wildman–Crippen LogP) is 3.48. The standard InChI is InChI=1S/C14H13F3O2/c15-14(16,17)9-1-2-11-12(7-9)19-8-13(11)5-3-10(18)4-6-13/h1-2,7H,3-6,8H2. The third-order valence-electron chi connectivity index (χ3n) is 4.15. The van der Waals surface area contributed by atoms with Crippen LogP contribution in [0.15, 0.2) is 18.2 Å². The van der Waals surface area contributed by atoms with E-state index >= 15 is 0 Å². The van der Waals surface area contributed by atoms with Gasteiger partial charge in [0.15, 0.2) is 0 Å². The van der Waals surface area contributed by atoms with Crippen LogP contribution in [0.3, 0.4) is 0 Å². The summed E-state index contributed by atoms with van der Waals surface area (Å²) in [6, 6.07) is 3.69. The maximum absolute atomic E-state index is 12.6. The van der Waals surface area contributed by atoms with Gasteiger partial charge in [0.25, 0.3) is 0 Å². The number of alkyl halides is 3. The summed E-state index contributed by atoms with van der Waals surface area (Å²) >= 11 is 0. The maximum atomic E-state index is 12.6. The molecular weight excluding hydrogens is 257 g/mol. The Bertz CT molecular complexity index is 524. The van der Waals surface area contributed by atoms with Gasteiger partial charge in [-0.2, -0.15) is 13.2 Å². The van der Waals surface area contributed by atoms with Gasteiger partial charge in [-0.3, -0.25) is 4.79 Å². The number of benzene rings is 1. The molecular formula is C14H13F3O2. The summed E-state index contributed by atoms with van der Waals surface area (Å²) in [6.45, 7) is 0.386. The highest BCUT2D eigenvalue weighted by Crippen LogP contribution is 2.48. The van der Waals surface area contributed by atoms with Gasteiger partial charge in [-0.15, -0.1) is 0 Å². The van der Waals surface area contributed by atoms with Gasteiger partial charge >= 0.3 is 6.18 Å². The summed E-state index contributed by atoms with van der Waals surface area (Å²) in [5.41, 5.74) is -0.115. The highest BCUT2D eigenvalue weighted by atomic mass is 19.4. The molecule has 19 heavy (non-hydrogen) atoms. The van der Waals surface area contributed by atoms with Crippen molar-refractivity contribution in [3.63, 3.8) is 0 Å². The first-order valence-corrected chi connectivity index (χ1v) is 6.27. The number of hydrogen-bond donors (Lipinski definition) is 0. The lowest BCUT2D eigenvalue weighted by molar-refractivity contribution is -0.137. The van der Waals surface area contributed by atoms with Gasteiger partial charge < -0.3 is 4.74 Å². The zero-order chi connectivity index (χ0) is 13.7. The number of carbonyl (C=O) groups excluding carboxylic acids is 1. The van der Waals surface area contributed by atoms with E-state index in [0.29, 0.717) is 38.0 Å². The van der Waals surface area contributed by atoms with E-state index in [1.54, 1.807) is 0 Å². The molecule has 1 fully saturated rings. The fourth-order valence-electron chi connectivity index (χ4n) is 2.97. The van der Waals surface area contributed by atoms with Gasteiger partial charge in [0.2, 0.25) is 0 Å². The molecule has 1 aromatic carbocycles. The molecule has 0 aromatic heterocycles. The normalized spacial score (nSPS) is 21.3. The van der Waals surface area contributed by atoms with Crippen molar-refractivity contribution in [2.75, 3.05) is 6.61 Å². The molecule has 1 aliphatic carbocycles. The number of rotatable bonds is 0. The van der Waals surface area contributed by atoms with Crippen LogP contribution in [0.5, 0.6) is 5.75 Å². The van der Waals surface area contributed by atoms with Crippen LogP contribution in [-0.4, -0.2) is 12.4 Å². The molecule has 1 heterocycles. The molecule has 0 N–H and O–H groups in total. The van der Waals surface area contributed by atoms with Crippen LogP contribution in [0.4, 0.5) is 13.2 Å². The summed E-state index contributed by atoms with van der Waals surface area (Å²) < 4.78 is 43.4. The topological polar surface area (TPSA) is 26.3 Å². The molecule has 0 saturated heterocycles. The van der Waals surface area contributed by atoms with Crippen molar-refractivity contribution in [2.45, 2.75) is 37.3 Å². The van der Waals surface area contributed by atoms with Crippen molar-refractivity contribution >= 4 is 5.78 Å². The van der Waals surface area contributed by atoms with Gasteiger partial charge in [-0.25, -0.2) is 0 Å². The predicted molar refractivity (Wildman–Crippen MR) is 62.1 cm³/mol. The fourth-order valence-corrected chi connectivity index (χ4v) is 2.97. The monoisotopic (exact) mass is 270 g/mol. The molecule has 5 heteroatoms. The van der Waals surface area contributed by atoms with E-state index in [2.05, 4.69) is 0 Å². The Balaban J connectivity index is 1.96. The third kappa shape index (κ3) is 2.01. The molecule has 1 aromatic rings. The zero-order valence-electron chi connectivity index (χ0n) is 10.2. The molecule has 0 bridgehead atoms. The lowest BCUT2D eigenvalue weighted by atomic mass is 9.70. The average molecular weight is 270 g/mol. The van der Waals surface area contributed by atoms with Crippen LogP contribution >= 0.6 is 0 Å². The first kappa shape index (κ1) is 12.5. The minimum atomic E-state index is -4.35. The average Bonchev–Trinajstić information content (AvgIpc) is 2.71. The number of carbonyl (C=O) groups is 1. The molecule has 1 saturated carbocycles. The van der Waals surface area contributed by atoms with Crippen LogP contribution in [0.25, 0.3) is 0 Å². The van der Waals surface area contributed by atoms with Crippen LogP contribution in [0, 0.1) is 0 Å². The summed E-state index contributed by atoms with van der Waals surface area (Å²) in [5.74, 6) is 0.551. The lowest BCUT2D eigenvalue weighted by Crippen LogP contribution is -2.33. The van der Waals surface area contributed by atoms with Crippen molar-refractivity contribution < 1.29 is 22.7 Å². The summed E-state index contributed by atoms with van der Waals surface area (Å²) in [5, 5.41) is 0. The molecule has 0 amide bonds. The second kappa shape index (κ2) is 3.99. The van der Waals surface area contributed by atoms with Crippen LogP contribution in [-0.2, 0) is 16.4 Å². The lowest BCUT2D eigenvalue weighted by Gasteiger charge is -2.31. The van der Waals surface area contributed by atoms with E-state index < -0.39 is 11.7 Å². The number of fused-ring (bicyclic) bond motifs is 2. The summed E-state index contributed by atoms with van der Waals surface area (Å²) in [4.78, 5) is 11.3. The van der Waals surface area contributed by atoms with Crippen LogP contribution in [0.2, 0.25) is 0 Å². The molecule has 0 radical (unpaired) electrons. The Hall–Kier alpha value is -1.52. The van der Waals surface area contributed by atoms with Crippen molar-refractivity contribution in [1.29, 1.82) is 0 Å². The van der Waals surface area contributed by atoms with Gasteiger partial charge in [-0.1, -0.05) is 6.07 Å². The van der Waals surface area contributed by atoms with Gasteiger partial charge in [-0.05, 0) is 25.0 Å². The number of ketones is 1. The Morgan fingerprint density at radius 1 is 1.16 bits per heavy atom. The summed E-state index contributed by atoms with van der Waals surface area (Å²) in [6.07, 6.45) is -2.03. The van der Waals surface area contributed by atoms with Gasteiger partial charge in [0.05, 0.1) is 12.2 Å². The van der Waals surface area contributed by atoms with E-state index in [9.17, 15) is 18.0 Å². The molecule has 1 spiro atoms. The van der Waals surface area contributed by atoms with Crippen molar-refractivity contribution in [3.8, 4) is 5.75 Å². The Morgan fingerprint density at radius 2 is 1.84 bits per heavy atom. The van der Waals surface area contributed by atoms with E-state index in [4.69, 9.17) is 4.74 Å². The highest BCUT2D eigenvalue weighted by Gasteiger charge is 2.44. The molecule has 102 valence electrons. The van der Waals surface area contributed by atoms with Crippen LogP contribution in [0.1, 0.15) is 36.8 Å². The maximum Gasteiger partial charge on any atom is 0.416 e. The van der Waals surface area contributed by atoms with Crippen molar-refractivity contribution in [3.05, 3.63) is 29.3 Å². The third-order valence-corrected chi connectivity index (χ3v) is 4.15. The second-order valence-corrected chi connectivity index (χ2v) is 5.32. The Kier molecular flexibility index (Phi) is 2.62. The van der Waals surface area contributed by atoms with Crippen LogP contribution < -0.4 is 4.74 Å². The SMILES string of the molecule is O=C1CCC2(CC1)COc1cc(C(F)(F)F)ccc12. The van der Waals surface area contributed by atoms with E-state index in [0.717, 1.165) is 17.7 Å². The molecule has 0 unspecified atom stereocenters. The Morgan fingerprint density at radius 3 is 2.47 bits per heavy atom. The molecule has 3 rings (SSSR count). The number of hydrogen-bond acceptors (Lipinski definition) is 2. The molecule has 1 aliphatic heterocycles. The number of ether oxygens (including phenoxy) is 1.